The number of oxazole rings is 1. The molecule has 124 valence electrons. The third kappa shape index (κ3) is 3.14. The van der Waals surface area contributed by atoms with Crippen LogP contribution in [0.2, 0.25) is 5.02 Å². The average molecular weight is 344 g/mol. The minimum atomic E-state index is 0.298. The molecule has 0 amide bonds. The van der Waals surface area contributed by atoms with E-state index in [1.807, 2.05) is 31.2 Å². The zero-order valence-electron chi connectivity index (χ0n) is 13.4. The van der Waals surface area contributed by atoms with Gasteiger partial charge in [0.05, 0.1) is 0 Å². The maximum atomic E-state index is 6.02. The summed E-state index contributed by atoms with van der Waals surface area (Å²) in [7, 11) is 0. The summed E-state index contributed by atoms with van der Waals surface area (Å²) in [5.74, 6) is 0.860. The smallest absolute Gasteiger partial charge is 0.298 e. The molecule has 24 heavy (non-hydrogen) atoms. The molecule has 0 radical (unpaired) electrons. The van der Waals surface area contributed by atoms with Gasteiger partial charge in [0.2, 0.25) is 0 Å². The lowest BCUT2D eigenvalue weighted by Crippen LogP contribution is -2.42. The van der Waals surface area contributed by atoms with E-state index in [9.17, 15) is 0 Å². The van der Waals surface area contributed by atoms with Crippen molar-refractivity contribution < 1.29 is 4.42 Å². The third-order valence-electron chi connectivity index (χ3n) is 4.19. The van der Waals surface area contributed by atoms with E-state index in [0.29, 0.717) is 17.1 Å². The summed E-state index contributed by atoms with van der Waals surface area (Å²) < 4.78 is 5.88. The van der Waals surface area contributed by atoms with Gasteiger partial charge in [-0.3, -0.25) is 0 Å². The number of nitrogens with zero attached hydrogens (tertiary/aromatic N) is 4. The Balaban J connectivity index is 1.51. The molecule has 3 aromatic rings. The number of nitrogens with one attached hydrogen (secondary N) is 1. The molecule has 1 atom stereocenters. The van der Waals surface area contributed by atoms with Gasteiger partial charge in [-0.05, 0) is 38.0 Å². The van der Waals surface area contributed by atoms with Gasteiger partial charge in [-0.2, -0.15) is 4.98 Å². The summed E-state index contributed by atoms with van der Waals surface area (Å²) in [4.78, 5) is 15.2. The highest BCUT2D eigenvalue weighted by Gasteiger charge is 2.23. The first-order chi connectivity index (χ1) is 11.7. The Labute approximate surface area is 144 Å². The predicted octanol–water partition coefficient (Wildman–Crippen LogP) is 3.66. The Morgan fingerprint density at radius 2 is 2.21 bits per heavy atom. The second-order valence-corrected chi connectivity index (χ2v) is 6.52. The van der Waals surface area contributed by atoms with Crippen LogP contribution in [0.4, 0.5) is 11.8 Å². The minimum Gasteiger partial charge on any atom is -0.423 e. The van der Waals surface area contributed by atoms with Gasteiger partial charge in [-0.15, -0.1) is 0 Å². The summed E-state index contributed by atoms with van der Waals surface area (Å²) in [6.07, 6.45) is 3.75. The lowest BCUT2D eigenvalue weighted by molar-refractivity contribution is 0.482. The van der Waals surface area contributed by atoms with Crippen LogP contribution in [0.15, 0.2) is 35.0 Å². The van der Waals surface area contributed by atoms with Crippen molar-refractivity contribution in [1.82, 2.24) is 15.0 Å². The van der Waals surface area contributed by atoms with Crippen LogP contribution in [0.1, 0.15) is 18.5 Å². The molecule has 1 saturated heterocycles. The summed E-state index contributed by atoms with van der Waals surface area (Å²) in [5.41, 5.74) is 2.51. The number of hydrogen-bond donors (Lipinski definition) is 1. The van der Waals surface area contributed by atoms with Crippen molar-refractivity contribution in [2.24, 2.45) is 0 Å². The van der Waals surface area contributed by atoms with Crippen molar-refractivity contribution in [2.45, 2.75) is 25.8 Å². The van der Waals surface area contributed by atoms with Gasteiger partial charge in [-0.25, -0.2) is 9.97 Å². The van der Waals surface area contributed by atoms with Crippen LogP contribution in [0.25, 0.3) is 11.1 Å². The molecular weight excluding hydrogens is 326 g/mol. The van der Waals surface area contributed by atoms with Crippen LogP contribution >= 0.6 is 11.6 Å². The van der Waals surface area contributed by atoms with Crippen LogP contribution in [-0.4, -0.2) is 34.1 Å². The average Bonchev–Trinajstić information content (AvgIpc) is 2.98. The zero-order chi connectivity index (χ0) is 16.5. The van der Waals surface area contributed by atoms with Gasteiger partial charge in [0, 0.05) is 35.9 Å². The summed E-state index contributed by atoms with van der Waals surface area (Å²) in [6.45, 7) is 3.72. The van der Waals surface area contributed by atoms with Gasteiger partial charge in [0.1, 0.15) is 17.7 Å². The molecule has 6 nitrogen and oxygen atoms in total. The lowest BCUT2D eigenvalue weighted by atomic mass is 10.1. The Bertz CT molecular complexity index is 865. The maximum absolute atomic E-state index is 6.02. The van der Waals surface area contributed by atoms with Crippen molar-refractivity contribution in [3.63, 3.8) is 0 Å². The molecule has 1 unspecified atom stereocenters. The van der Waals surface area contributed by atoms with E-state index in [-0.39, 0.29) is 0 Å². The normalized spacial score (nSPS) is 18.1. The second-order valence-electron chi connectivity index (χ2n) is 6.08. The van der Waals surface area contributed by atoms with E-state index in [1.54, 1.807) is 6.33 Å². The second kappa shape index (κ2) is 6.28. The van der Waals surface area contributed by atoms with Crippen molar-refractivity contribution in [3.8, 4) is 0 Å². The molecule has 0 bridgehead atoms. The lowest BCUT2D eigenvalue weighted by Gasteiger charge is -2.32. The first kappa shape index (κ1) is 15.2. The van der Waals surface area contributed by atoms with Crippen LogP contribution in [-0.2, 0) is 0 Å². The molecule has 0 spiro atoms. The fraction of sp³-hybridized carbons (Fsp3) is 0.353. The third-order valence-corrected chi connectivity index (χ3v) is 4.42. The van der Waals surface area contributed by atoms with Crippen LogP contribution in [0.5, 0.6) is 0 Å². The largest absolute Gasteiger partial charge is 0.423 e. The van der Waals surface area contributed by atoms with Crippen LogP contribution in [0, 0.1) is 6.92 Å². The monoisotopic (exact) mass is 343 g/mol. The van der Waals surface area contributed by atoms with E-state index in [0.717, 1.165) is 48.5 Å². The van der Waals surface area contributed by atoms with Crippen LogP contribution in [0.3, 0.4) is 0 Å². The molecule has 1 N–H and O–H groups in total. The van der Waals surface area contributed by atoms with Gasteiger partial charge < -0.3 is 14.6 Å². The number of aromatic nitrogens is 3. The number of benzene rings is 1. The van der Waals surface area contributed by atoms with E-state index >= 15 is 0 Å². The number of fused-ring (bicyclic) bond motifs is 1. The SMILES string of the molecule is Cc1cc(NC2CCCN(c3nc4cc(Cl)ccc4o3)C2)ncn1. The summed E-state index contributed by atoms with van der Waals surface area (Å²) in [6, 6.07) is 8.41. The number of halogens is 1. The summed E-state index contributed by atoms with van der Waals surface area (Å²) >= 11 is 6.02. The first-order valence-corrected chi connectivity index (χ1v) is 8.41. The first-order valence-electron chi connectivity index (χ1n) is 8.03. The topological polar surface area (TPSA) is 67.1 Å². The van der Waals surface area contributed by atoms with Gasteiger partial charge in [0.25, 0.3) is 6.01 Å². The van der Waals surface area contributed by atoms with E-state index in [2.05, 4.69) is 25.2 Å². The predicted molar refractivity (Wildman–Crippen MR) is 94.6 cm³/mol. The highest BCUT2D eigenvalue weighted by molar-refractivity contribution is 6.31. The minimum absolute atomic E-state index is 0.298. The Morgan fingerprint density at radius 1 is 1.29 bits per heavy atom. The molecule has 1 fully saturated rings. The molecule has 1 aliphatic heterocycles. The highest BCUT2D eigenvalue weighted by Crippen LogP contribution is 2.27. The molecule has 7 heteroatoms. The highest BCUT2D eigenvalue weighted by atomic mass is 35.5. The van der Waals surface area contributed by atoms with E-state index < -0.39 is 0 Å². The van der Waals surface area contributed by atoms with Gasteiger partial charge >= 0.3 is 0 Å². The fourth-order valence-corrected chi connectivity index (χ4v) is 3.20. The molecule has 1 aliphatic rings. The van der Waals surface area contributed by atoms with Crippen molar-refractivity contribution in [3.05, 3.63) is 41.3 Å². The van der Waals surface area contributed by atoms with Gasteiger partial charge in [0.15, 0.2) is 5.58 Å². The number of anilines is 2. The van der Waals surface area contributed by atoms with E-state index in [4.69, 9.17) is 16.0 Å². The molecule has 1 aromatic carbocycles. The Hall–Kier alpha value is -2.34. The quantitative estimate of drug-likeness (QED) is 0.782. The number of rotatable bonds is 3. The summed E-state index contributed by atoms with van der Waals surface area (Å²) in [5, 5.41) is 4.15. The van der Waals surface area contributed by atoms with Crippen molar-refractivity contribution >= 4 is 34.5 Å². The standard InChI is InChI=1S/C17H18ClN5O/c1-11-7-16(20-10-19-11)21-13-3-2-6-23(9-13)17-22-14-8-12(18)4-5-15(14)24-17/h4-5,7-8,10,13H,2-3,6,9H2,1H3,(H,19,20,21). The molecule has 4 rings (SSSR count). The zero-order valence-corrected chi connectivity index (χ0v) is 14.1. The number of hydrogen-bond acceptors (Lipinski definition) is 6. The van der Waals surface area contributed by atoms with Crippen LogP contribution < -0.4 is 10.2 Å². The Kier molecular flexibility index (Phi) is 3.98. The molecule has 0 saturated carbocycles. The molecular formula is C17H18ClN5O. The number of piperidine rings is 1. The Morgan fingerprint density at radius 3 is 3.08 bits per heavy atom. The molecule has 0 aliphatic carbocycles. The maximum Gasteiger partial charge on any atom is 0.298 e. The molecule has 3 heterocycles. The van der Waals surface area contributed by atoms with Crippen molar-refractivity contribution in [1.29, 1.82) is 0 Å². The fourth-order valence-electron chi connectivity index (χ4n) is 3.03. The molecule has 2 aromatic heterocycles. The number of aryl methyl sites for hydroxylation is 1. The van der Waals surface area contributed by atoms with E-state index in [1.165, 1.54) is 0 Å². The van der Waals surface area contributed by atoms with Crippen molar-refractivity contribution in [2.75, 3.05) is 23.3 Å². The van der Waals surface area contributed by atoms with Gasteiger partial charge in [-0.1, -0.05) is 11.6 Å².